The van der Waals surface area contributed by atoms with Gasteiger partial charge >= 0.3 is 0 Å². The Bertz CT molecular complexity index is 525. The molecule has 0 amide bonds. The average molecular weight is 310 g/mol. The molecule has 0 radical (unpaired) electrons. The molecule has 0 spiro atoms. The van der Waals surface area contributed by atoms with Gasteiger partial charge in [0.05, 0.1) is 16.9 Å². The summed E-state index contributed by atoms with van der Waals surface area (Å²) in [5, 5.41) is -0.458. The summed E-state index contributed by atoms with van der Waals surface area (Å²) in [6, 6.07) is 2.38. The molecule has 1 N–H and O–H groups in total. The highest BCUT2D eigenvalue weighted by Gasteiger charge is 2.21. The molecule has 108 valence electrons. The number of halogens is 2. The molecule has 0 aromatic heterocycles. The Hall–Kier alpha value is -0.690. The van der Waals surface area contributed by atoms with Crippen LogP contribution in [0, 0.1) is 19.7 Å². The third-order valence-electron chi connectivity index (χ3n) is 2.54. The zero-order valence-electron chi connectivity index (χ0n) is 11.0. The minimum Gasteiger partial charge on any atom is -0.383 e. The molecule has 1 unspecified atom stereocenters. The van der Waals surface area contributed by atoms with E-state index in [9.17, 15) is 12.8 Å². The van der Waals surface area contributed by atoms with Gasteiger partial charge in [0.25, 0.3) is 0 Å². The smallest absolute Gasteiger partial charge is 0.241 e. The van der Waals surface area contributed by atoms with Gasteiger partial charge in [-0.1, -0.05) is 0 Å². The molecular formula is C12H17ClFNO3S. The Morgan fingerprint density at radius 1 is 1.37 bits per heavy atom. The summed E-state index contributed by atoms with van der Waals surface area (Å²) in [4.78, 5) is 0.0928. The van der Waals surface area contributed by atoms with Gasteiger partial charge in [0.2, 0.25) is 10.0 Å². The summed E-state index contributed by atoms with van der Waals surface area (Å²) >= 11 is 5.87. The maximum atomic E-state index is 13.2. The van der Waals surface area contributed by atoms with Crippen LogP contribution in [0.2, 0.25) is 0 Å². The van der Waals surface area contributed by atoms with Crippen molar-refractivity contribution in [2.24, 2.45) is 0 Å². The van der Waals surface area contributed by atoms with Crippen LogP contribution in [-0.2, 0) is 14.8 Å². The first-order chi connectivity index (χ1) is 8.77. The van der Waals surface area contributed by atoms with Crippen LogP contribution in [0.4, 0.5) is 4.39 Å². The normalized spacial score (nSPS) is 13.5. The lowest BCUT2D eigenvalue weighted by atomic mass is 10.1. The molecule has 19 heavy (non-hydrogen) atoms. The van der Waals surface area contributed by atoms with E-state index in [-0.39, 0.29) is 18.0 Å². The first-order valence-electron chi connectivity index (χ1n) is 5.67. The van der Waals surface area contributed by atoms with Crippen molar-refractivity contribution < 1.29 is 17.5 Å². The zero-order chi connectivity index (χ0) is 14.6. The van der Waals surface area contributed by atoms with Crippen molar-refractivity contribution in [3.8, 4) is 0 Å². The SMILES string of the molecule is COCC(Cl)CNS(=O)(=O)c1c(C)cc(F)cc1C. The summed E-state index contributed by atoms with van der Waals surface area (Å²) in [6.45, 7) is 3.40. The zero-order valence-corrected chi connectivity index (χ0v) is 12.6. The van der Waals surface area contributed by atoms with Gasteiger partial charge in [-0.25, -0.2) is 17.5 Å². The maximum absolute atomic E-state index is 13.2. The second-order valence-electron chi connectivity index (χ2n) is 4.27. The molecule has 0 bridgehead atoms. The summed E-state index contributed by atoms with van der Waals surface area (Å²) in [6.07, 6.45) is 0. The number of ether oxygens (including phenoxy) is 1. The van der Waals surface area contributed by atoms with E-state index in [1.165, 1.54) is 19.2 Å². The molecule has 0 fully saturated rings. The quantitative estimate of drug-likeness (QED) is 0.818. The lowest BCUT2D eigenvalue weighted by molar-refractivity contribution is 0.198. The minimum absolute atomic E-state index is 0.0496. The van der Waals surface area contributed by atoms with Crippen molar-refractivity contribution in [3.05, 3.63) is 29.1 Å². The molecule has 0 aliphatic rings. The fourth-order valence-corrected chi connectivity index (χ4v) is 3.66. The molecule has 1 atom stereocenters. The van der Waals surface area contributed by atoms with Crippen molar-refractivity contribution in [2.45, 2.75) is 24.1 Å². The van der Waals surface area contributed by atoms with Crippen molar-refractivity contribution in [3.63, 3.8) is 0 Å². The molecule has 1 aromatic carbocycles. The summed E-state index contributed by atoms with van der Waals surface area (Å²) in [5.74, 6) is -0.455. The molecule has 4 nitrogen and oxygen atoms in total. The monoisotopic (exact) mass is 309 g/mol. The van der Waals surface area contributed by atoms with Gasteiger partial charge < -0.3 is 4.74 Å². The first kappa shape index (κ1) is 16.4. The van der Waals surface area contributed by atoms with Crippen LogP contribution in [0.3, 0.4) is 0 Å². The maximum Gasteiger partial charge on any atom is 0.241 e. The van der Waals surface area contributed by atoms with Crippen LogP contribution in [0.25, 0.3) is 0 Å². The van der Waals surface area contributed by atoms with Gasteiger partial charge in [-0.05, 0) is 37.1 Å². The Morgan fingerprint density at radius 3 is 2.37 bits per heavy atom. The highest BCUT2D eigenvalue weighted by Crippen LogP contribution is 2.21. The van der Waals surface area contributed by atoms with Gasteiger partial charge in [0.15, 0.2) is 0 Å². The van der Waals surface area contributed by atoms with E-state index >= 15 is 0 Å². The van der Waals surface area contributed by atoms with Gasteiger partial charge in [-0.3, -0.25) is 0 Å². The van der Waals surface area contributed by atoms with Crippen molar-refractivity contribution in [1.29, 1.82) is 0 Å². The van der Waals surface area contributed by atoms with E-state index in [0.29, 0.717) is 11.1 Å². The fraction of sp³-hybridized carbons (Fsp3) is 0.500. The topological polar surface area (TPSA) is 55.4 Å². The van der Waals surface area contributed by atoms with E-state index in [2.05, 4.69) is 4.72 Å². The third-order valence-corrected chi connectivity index (χ3v) is 4.54. The number of aryl methyl sites for hydroxylation is 2. The second-order valence-corrected chi connectivity index (χ2v) is 6.59. The molecule has 0 heterocycles. The number of hydrogen-bond acceptors (Lipinski definition) is 3. The largest absolute Gasteiger partial charge is 0.383 e. The third kappa shape index (κ3) is 4.42. The van der Waals surface area contributed by atoms with Crippen LogP contribution in [0.15, 0.2) is 17.0 Å². The number of sulfonamides is 1. The molecule has 0 aliphatic carbocycles. The van der Waals surface area contributed by atoms with E-state index < -0.39 is 21.2 Å². The minimum atomic E-state index is -3.71. The Labute approximate surface area is 118 Å². The number of methoxy groups -OCH3 is 1. The van der Waals surface area contributed by atoms with Crippen LogP contribution in [-0.4, -0.2) is 34.1 Å². The van der Waals surface area contributed by atoms with Gasteiger partial charge in [-0.2, -0.15) is 0 Å². The van der Waals surface area contributed by atoms with Crippen molar-refractivity contribution >= 4 is 21.6 Å². The van der Waals surface area contributed by atoms with Crippen LogP contribution < -0.4 is 4.72 Å². The summed E-state index contributed by atoms with van der Waals surface area (Å²) in [5.41, 5.74) is 0.728. The predicted octanol–water partition coefficient (Wildman–Crippen LogP) is 1.97. The molecule has 0 saturated heterocycles. The molecule has 7 heteroatoms. The molecular weight excluding hydrogens is 293 g/mol. The average Bonchev–Trinajstić information content (AvgIpc) is 2.25. The van der Waals surface area contributed by atoms with Gasteiger partial charge in [0.1, 0.15) is 5.82 Å². The molecule has 0 aliphatic heterocycles. The molecule has 1 aromatic rings. The number of nitrogens with one attached hydrogen (secondary N) is 1. The lowest BCUT2D eigenvalue weighted by Crippen LogP contribution is -2.32. The van der Waals surface area contributed by atoms with E-state index in [4.69, 9.17) is 16.3 Å². The Kier molecular flexibility index (Phi) is 5.73. The Morgan fingerprint density at radius 2 is 1.89 bits per heavy atom. The number of benzene rings is 1. The van der Waals surface area contributed by atoms with E-state index in [1.54, 1.807) is 13.8 Å². The summed E-state index contributed by atoms with van der Waals surface area (Å²) in [7, 11) is -2.22. The van der Waals surface area contributed by atoms with Crippen LogP contribution >= 0.6 is 11.6 Å². The van der Waals surface area contributed by atoms with E-state index in [0.717, 1.165) is 0 Å². The van der Waals surface area contributed by atoms with Gasteiger partial charge in [0, 0.05) is 13.7 Å². The number of rotatable bonds is 6. The van der Waals surface area contributed by atoms with E-state index in [1.807, 2.05) is 0 Å². The van der Waals surface area contributed by atoms with Crippen LogP contribution in [0.5, 0.6) is 0 Å². The molecule has 1 rings (SSSR count). The highest BCUT2D eigenvalue weighted by atomic mass is 35.5. The second kappa shape index (κ2) is 6.65. The summed E-state index contributed by atoms with van der Waals surface area (Å²) < 4.78 is 44.7. The Balaban J connectivity index is 2.95. The predicted molar refractivity (Wildman–Crippen MR) is 72.6 cm³/mol. The highest BCUT2D eigenvalue weighted by molar-refractivity contribution is 7.89. The fourth-order valence-electron chi connectivity index (χ4n) is 1.83. The lowest BCUT2D eigenvalue weighted by Gasteiger charge is -2.14. The van der Waals surface area contributed by atoms with Crippen LogP contribution in [0.1, 0.15) is 11.1 Å². The number of alkyl halides is 1. The first-order valence-corrected chi connectivity index (χ1v) is 7.59. The van der Waals surface area contributed by atoms with Crippen molar-refractivity contribution in [1.82, 2.24) is 4.72 Å². The number of hydrogen-bond donors (Lipinski definition) is 1. The van der Waals surface area contributed by atoms with Crippen molar-refractivity contribution in [2.75, 3.05) is 20.3 Å². The standard InChI is InChI=1S/C12H17ClFNO3S/c1-8-4-11(14)5-9(2)12(8)19(16,17)15-6-10(13)7-18-3/h4-5,10,15H,6-7H2,1-3H3. The van der Waals surface area contributed by atoms with Gasteiger partial charge in [-0.15, -0.1) is 11.6 Å². The molecule has 0 saturated carbocycles.